The average molecular weight is 712 g/mol. The van der Waals surface area contributed by atoms with Crippen molar-refractivity contribution >= 4 is 57.8 Å². The maximum atomic E-state index is 12.1. The molecule has 0 saturated carbocycles. The number of nitrogens with zero attached hydrogens (tertiary/aromatic N) is 4. The first kappa shape index (κ1) is 33.3. The number of imidazole rings is 1. The number of pyridine rings is 1. The number of hydrogen-bond donors (Lipinski definition) is 2. The van der Waals surface area contributed by atoms with Crippen molar-refractivity contribution < 1.29 is 28.3 Å². The van der Waals surface area contributed by atoms with Crippen LogP contribution in [-0.2, 0) is 43.7 Å². The third kappa shape index (κ3) is 7.09. The topological polar surface area (TPSA) is 120 Å². The molecule has 2 fully saturated rings. The summed E-state index contributed by atoms with van der Waals surface area (Å²) in [4.78, 5) is 12.1. The van der Waals surface area contributed by atoms with Gasteiger partial charge in [-0.05, 0) is 53.4 Å². The van der Waals surface area contributed by atoms with E-state index in [1.54, 1.807) is 6.26 Å². The minimum atomic E-state index is -2.35. The van der Waals surface area contributed by atoms with E-state index in [2.05, 4.69) is 59.4 Å². The van der Waals surface area contributed by atoms with E-state index in [1.807, 2.05) is 28.8 Å². The van der Waals surface area contributed by atoms with Crippen LogP contribution in [0.1, 0.15) is 11.1 Å². The smallest absolute Gasteiger partial charge is 0.301 e. The highest BCUT2D eigenvalue weighted by Crippen LogP contribution is 2.36. The zero-order valence-electron chi connectivity index (χ0n) is 27.6. The molecular formula is C34H42ClN5O6SSi. The molecule has 0 amide bonds. The Hall–Kier alpha value is -3.17. The van der Waals surface area contributed by atoms with Gasteiger partial charge in [-0.3, -0.25) is 4.57 Å². The maximum absolute atomic E-state index is 12.1. The molecule has 14 heteroatoms. The Balaban J connectivity index is 1.13. The summed E-state index contributed by atoms with van der Waals surface area (Å²) in [7, 11) is -3.64. The standard InChI is InChI=1S/C34H42ClN5O6SSi/c1-47(2,42)38-24-9-6-22-16-39(17-23(22)14-24)25-10-7-21(8-11-25)30-26(35)15-27-33(37-30)40(20-43-12-13-48(3,4)5)34(36-27)46-29-19-45-31-28(41)18-44-32(29)31/h6-11,14-15,28-29,31-32,41H,1,12-13,16-20H2,2-5H3,(H,38,42)/t28-,29-,31-,32-,47?/m1/s1. The molecule has 5 heterocycles. The lowest BCUT2D eigenvalue weighted by atomic mass is 10.1. The van der Waals surface area contributed by atoms with Crippen molar-refractivity contribution in [3.05, 3.63) is 64.7 Å². The van der Waals surface area contributed by atoms with Crippen LogP contribution in [-0.4, -0.2) is 88.3 Å². The number of ether oxygens (including phenoxy) is 4. The summed E-state index contributed by atoms with van der Waals surface area (Å²) < 4.78 is 41.1. The van der Waals surface area contributed by atoms with E-state index < -0.39 is 36.1 Å². The monoisotopic (exact) mass is 711 g/mol. The second-order valence-electron chi connectivity index (χ2n) is 14.1. The third-order valence-corrected chi connectivity index (χ3v) is 11.5. The van der Waals surface area contributed by atoms with Gasteiger partial charge in [0.1, 0.15) is 30.6 Å². The Labute approximate surface area is 287 Å². The second-order valence-corrected chi connectivity index (χ2v) is 22.4. The van der Waals surface area contributed by atoms with Gasteiger partial charge in [0.05, 0.1) is 23.9 Å². The van der Waals surface area contributed by atoms with Gasteiger partial charge in [-0.1, -0.05) is 49.4 Å². The molecule has 3 aliphatic heterocycles. The number of aliphatic hydroxyl groups excluding tert-OH is 1. The molecule has 0 aliphatic carbocycles. The summed E-state index contributed by atoms with van der Waals surface area (Å²) in [5, 5.41) is 10.7. The van der Waals surface area contributed by atoms with Crippen LogP contribution in [0.2, 0.25) is 30.7 Å². The van der Waals surface area contributed by atoms with Crippen molar-refractivity contribution in [2.75, 3.05) is 35.7 Å². The zero-order valence-corrected chi connectivity index (χ0v) is 30.2. The molecular weight excluding hydrogens is 670 g/mol. The first-order valence-corrected chi connectivity index (χ1v) is 22.3. The van der Waals surface area contributed by atoms with E-state index in [9.17, 15) is 9.32 Å². The Morgan fingerprint density at radius 3 is 2.56 bits per heavy atom. The van der Waals surface area contributed by atoms with E-state index in [0.29, 0.717) is 34.5 Å². The fourth-order valence-electron chi connectivity index (χ4n) is 6.35. The lowest BCUT2D eigenvalue weighted by molar-refractivity contribution is 0.00336. The summed E-state index contributed by atoms with van der Waals surface area (Å²) in [6, 6.07) is 17.5. The van der Waals surface area contributed by atoms with E-state index >= 15 is 0 Å². The Morgan fingerprint density at radius 2 is 1.81 bits per heavy atom. The van der Waals surface area contributed by atoms with Gasteiger partial charge in [0.2, 0.25) is 0 Å². The predicted octanol–water partition coefficient (Wildman–Crippen LogP) is 5.16. The number of aliphatic hydroxyl groups is 1. The molecule has 7 rings (SSSR count). The van der Waals surface area contributed by atoms with Crippen LogP contribution in [0.5, 0.6) is 6.01 Å². The summed E-state index contributed by atoms with van der Waals surface area (Å²) in [6.07, 6.45) is -0.301. The first-order chi connectivity index (χ1) is 22.8. The van der Waals surface area contributed by atoms with Gasteiger partial charge in [-0.15, -0.1) is 0 Å². The SMILES string of the molecule is C=S(C)(=O)Nc1ccc2c(c1)CN(c1ccc(-c3nc4c(cc3Cl)nc(O[C@@H]3CO[C@H]5[C@@H]3OC[C@H]5O)n4COCC[Si](C)(C)C)cc1)C2. The number of aromatic nitrogens is 3. The Kier molecular flexibility index (Phi) is 8.98. The van der Waals surface area contributed by atoms with Gasteiger partial charge in [-0.25, -0.2) is 9.19 Å². The molecule has 5 atom stereocenters. The molecule has 2 N–H and O–H groups in total. The van der Waals surface area contributed by atoms with Crippen LogP contribution >= 0.6 is 11.6 Å². The lowest BCUT2D eigenvalue weighted by Crippen LogP contribution is -2.35. The maximum Gasteiger partial charge on any atom is 0.301 e. The number of anilines is 2. The first-order valence-electron chi connectivity index (χ1n) is 16.1. The number of rotatable bonds is 11. The molecule has 0 spiro atoms. The number of nitrogens with one attached hydrogen (secondary N) is 1. The van der Waals surface area contributed by atoms with Crippen molar-refractivity contribution in [1.82, 2.24) is 14.5 Å². The second kappa shape index (κ2) is 12.9. The van der Waals surface area contributed by atoms with Crippen molar-refractivity contribution in [3.63, 3.8) is 0 Å². The van der Waals surface area contributed by atoms with Gasteiger partial charge in [0, 0.05) is 60.7 Å². The Morgan fingerprint density at radius 1 is 1.06 bits per heavy atom. The largest absolute Gasteiger partial charge is 0.456 e. The molecule has 3 aliphatic rings. The molecule has 2 aromatic heterocycles. The van der Waals surface area contributed by atoms with E-state index in [4.69, 9.17) is 40.5 Å². The number of fused-ring (bicyclic) bond motifs is 3. The molecule has 256 valence electrons. The average Bonchev–Trinajstić information content (AvgIpc) is 3.78. The quantitative estimate of drug-likeness (QED) is 0.124. The predicted molar refractivity (Wildman–Crippen MR) is 193 cm³/mol. The van der Waals surface area contributed by atoms with Crippen molar-refractivity contribution in [3.8, 4) is 17.3 Å². The number of hydrogen-bond acceptors (Lipinski definition) is 9. The van der Waals surface area contributed by atoms with Crippen LogP contribution in [0, 0.1) is 0 Å². The molecule has 1 unspecified atom stereocenters. The summed E-state index contributed by atoms with van der Waals surface area (Å²) in [5.41, 5.74) is 7.01. The van der Waals surface area contributed by atoms with Gasteiger partial charge < -0.3 is 33.7 Å². The highest BCUT2D eigenvalue weighted by molar-refractivity contribution is 8.00. The van der Waals surface area contributed by atoms with Crippen LogP contribution in [0.4, 0.5) is 11.4 Å². The van der Waals surface area contributed by atoms with Crippen molar-refractivity contribution in [1.29, 1.82) is 0 Å². The minimum Gasteiger partial charge on any atom is -0.456 e. The van der Waals surface area contributed by atoms with E-state index in [-0.39, 0.29) is 26.0 Å². The van der Waals surface area contributed by atoms with Gasteiger partial charge in [0.25, 0.3) is 0 Å². The summed E-state index contributed by atoms with van der Waals surface area (Å²) >= 11 is 6.84. The van der Waals surface area contributed by atoms with Gasteiger partial charge in [0.15, 0.2) is 11.8 Å². The normalized spacial score (nSPS) is 23.3. The summed E-state index contributed by atoms with van der Waals surface area (Å²) in [6.45, 7) is 9.81. The lowest BCUT2D eigenvalue weighted by Gasteiger charge is -2.19. The molecule has 0 bridgehead atoms. The molecule has 2 saturated heterocycles. The molecule has 48 heavy (non-hydrogen) atoms. The van der Waals surface area contributed by atoms with Gasteiger partial charge in [-0.2, -0.15) is 4.98 Å². The third-order valence-electron chi connectivity index (χ3n) is 8.86. The number of benzene rings is 2. The van der Waals surface area contributed by atoms with Crippen LogP contribution in [0.25, 0.3) is 22.4 Å². The number of halogens is 1. The fraction of sp³-hybridized carbons (Fsp3) is 0.441. The van der Waals surface area contributed by atoms with Crippen LogP contribution in [0.3, 0.4) is 0 Å². The van der Waals surface area contributed by atoms with Crippen molar-refractivity contribution in [2.24, 2.45) is 0 Å². The fourth-order valence-corrected chi connectivity index (χ4v) is 7.98. The molecule has 0 radical (unpaired) electrons. The highest BCUT2D eigenvalue weighted by atomic mass is 35.5. The van der Waals surface area contributed by atoms with Gasteiger partial charge >= 0.3 is 6.01 Å². The molecule has 11 nitrogen and oxygen atoms in total. The zero-order chi connectivity index (χ0) is 33.8. The Bertz CT molecular complexity index is 1930. The molecule has 4 aromatic rings. The van der Waals surface area contributed by atoms with E-state index in [0.717, 1.165) is 36.1 Å². The van der Waals surface area contributed by atoms with Crippen LogP contribution < -0.4 is 14.4 Å². The molecule has 2 aromatic carbocycles. The summed E-state index contributed by atoms with van der Waals surface area (Å²) in [5.74, 6) is 3.70. The van der Waals surface area contributed by atoms with E-state index in [1.165, 1.54) is 11.1 Å². The minimum absolute atomic E-state index is 0.214. The van der Waals surface area contributed by atoms with Crippen LogP contribution in [0.15, 0.2) is 48.5 Å². The highest BCUT2D eigenvalue weighted by Gasteiger charge is 2.49. The van der Waals surface area contributed by atoms with Crippen molar-refractivity contribution in [2.45, 2.75) is 69.9 Å².